The molecule has 1 heterocycles. The van der Waals surface area contributed by atoms with Gasteiger partial charge in [0, 0.05) is 29.8 Å². The van der Waals surface area contributed by atoms with E-state index in [0.717, 1.165) is 16.9 Å². The SMILES string of the molecule is C=C(CC(=O)OCc1ccccc1)P1(=O)N(c2ccccc2)CCN1c1ccccc1. The number of benzene rings is 3. The van der Waals surface area contributed by atoms with Crippen molar-refractivity contribution in [3.63, 3.8) is 0 Å². The second-order valence-electron chi connectivity index (χ2n) is 7.35. The fourth-order valence-electron chi connectivity index (χ4n) is 3.76. The van der Waals surface area contributed by atoms with Crippen molar-refractivity contribution < 1.29 is 14.1 Å². The fourth-order valence-corrected chi connectivity index (χ4v) is 6.65. The Labute approximate surface area is 183 Å². The van der Waals surface area contributed by atoms with Gasteiger partial charge in [0.05, 0.1) is 6.42 Å². The molecule has 1 aliphatic heterocycles. The largest absolute Gasteiger partial charge is 0.461 e. The van der Waals surface area contributed by atoms with Crippen molar-refractivity contribution in [3.05, 3.63) is 108 Å². The lowest BCUT2D eigenvalue weighted by molar-refractivity contribution is -0.143. The highest BCUT2D eigenvalue weighted by atomic mass is 31.2. The van der Waals surface area contributed by atoms with Crippen LogP contribution in [0.3, 0.4) is 0 Å². The van der Waals surface area contributed by atoms with Gasteiger partial charge in [-0.1, -0.05) is 73.3 Å². The number of para-hydroxylation sites is 2. The summed E-state index contributed by atoms with van der Waals surface area (Å²) in [6.45, 7) is 5.45. The van der Waals surface area contributed by atoms with Crippen molar-refractivity contribution in [2.24, 2.45) is 0 Å². The molecule has 0 atom stereocenters. The van der Waals surface area contributed by atoms with Gasteiger partial charge in [-0.3, -0.25) is 9.36 Å². The third-order valence-corrected chi connectivity index (χ3v) is 8.44. The molecular weight excluding hydrogens is 407 g/mol. The maximum atomic E-state index is 14.5. The van der Waals surface area contributed by atoms with Crippen molar-refractivity contribution in [1.82, 2.24) is 0 Å². The second-order valence-corrected chi connectivity index (χ2v) is 10.0. The van der Waals surface area contributed by atoms with Crippen molar-refractivity contribution >= 4 is 24.8 Å². The summed E-state index contributed by atoms with van der Waals surface area (Å²) in [7, 11) is -3.30. The zero-order valence-corrected chi connectivity index (χ0v) is 18.2. The number of hydrogen-bond donors (Lipinski definition) is 0. The molecule has 0 bridgehead atoms. The number of carbonyl (C=O) groups is 1. The quantitative estimate of drug-likeness (QED) is 0.346. The Bertz CT molecular complexity index is 1040. The maximum Gasteiger partial charge on any atom is 0.310 e. The van der Waals surface area contributed by atoms with Crippen molar-refractivity contribution in [2.75, 3.05) is 22.4 Å². The zero-order chi connectivity index (χ0) is 21.7. The molecule has 3 aromatic rings. The number of esters is 1. The number of carbonyl (C=O) groups excluding carboxylic acids is 1. The lowest BCUT2D eigenvalue weighted by Gasteiger charge is -2.33. The molecule has 0 radical (unpaired) electrons. The van der Waals surface area contributed by atoms with Gasteiger partial charge in [-0.15, -0.1) is 0 Å². The number of anilines is 2. The normalized spacial score (nSPS) is 15.0. The molecule has 4 rings (SSSR count). The molecule has 1 aliphatic rings. The van der Waals surface area contributed by atoms with Crippen LogP contribution in [0.15, 0.2) is 103 Å². The molecule has 158 valence electrons. The van der Waals surface area contributed by atoms with Crippen LogP contribution < -0.4 is 9.34 Å². The number of ether oxygens (including phenoxy) is 1. The van der Waals surface area contributed by atoms with Crippen LogP contribution in [0.2, 0.25) is 0 Å². The molecule has 31 heavy (non-hydrogen) atoms. The minimum Gasteiger partial charge on any atom is -0.461 e. The van der Waals surface area contributed by atoms with Crippen molar-refractivity contribution in [1.29, 1.82) is 0 Å². The van der Waals surface area contributed by atoms with Gasteiger partial charge in [-0.25, -0.2) is 0 Å². The summed E-state index contributed by atoms with van der Waals surface area (Å²) in [5, 5.41) is 0.371. The average Bonchev–Trinajstić information content (AvgIpc) is 3.18. The van der Waals surface area contributed by atoms with E-state index in [1.54, 1.807) is 0 Å². The molecule has 1 fully saturated rings. The van der Waals surface area contributed by atoms with Gasteiger partial charge < -0.3 is 14.1 Å². The van der Waals surface area contributed by atoms with Gasteiger partial charge in [-0.2, -0.15) is 0 Å². The highest BCUT2D eigenvalue weighted by Gasteiger charge is 2.46. The first kappa shape index (κ1) is 21.0. The van der Waals surface area contributed by atoms with Crippen LogP contribution in [0.4, 0.5) is 11.4 Å². The van der Waals surface area contributed by atoms with E-state index in [9.17, 15) is 9.36 Å². The third-order valence-electron chi connectivity index (χ3n) is 5.29. The van der Waals surface area contributed by atoms with Crippen LogP contribution in [-0.4, -0.2) is 19.1 Å². The van der Waals surface area contributed by atoms with E-state index in [-0.39, 0.29) is 13.0 Å². The predicted octanol–water partition coefficient (Wildman–Crippen LogP) is 5.85. The van der Waals surface area contributed by atoms with Gasteiger partial charge in [0.15, 0.2) is 0 Å². The molecule has 5 nitrogen and oxygen atoms in total. The van der Waals surface area contributed by atoms with E-state index < -0.39 is 13.4 Å². The Balaban J connectivity index is 1.57. The van der Waals surface area contributed by atoms with Crippen LogP contribution in [0.1, 0.15) is 12.0 Å². The van der Waals surface area contributed by atoms with Crippen molar-refractivity contribution in [2.45, 2.75) is 13.0 Å². The minimum atomic E-state index is -3.30. The predicted molar refractivity (Wildman–Crippen MR) is 125 cm³/mol. The summed E-state index contributed by atoms with van der Waals surface area (Å²) in [5.41, 5.74) is 2.61. The highest BCUT2D eigenvalue weighted by molar-refractivity contribution is 7.71. The average molecular weight is 432 g/mol. The molecule has 6 heteroatoms. The van der Waals surface area contributed by atoms with Gasteiger partial charge >= 0.3 is 5.97 Å². The third kappa shape index (κ3) is 4.42. The molecule has 3 aromatic carbocycles. The molecule has 0 saturated carbocycles. The molecule has 0 aliphatic carbocycles. The molecule has 0 aromatic heterocycles. The molecule has 0 amide bonds. The van der Waals surface area contributed by atoms with E-state index >= 15 is 0 Å². The summed E-state index contributed by atoms with van der Waals surface area (Å²) in [6.07, 6.45) is -0.100. The van der Waals surface area contributed by atoms with Crippen LogP contribution in [0.25, 0.3) is 0 Å². The zero-order valence-electron chi connectivity index (χ0n) is 17.3. The van der Waals surface area contributed by atoms with E-state index in [4.69, 9.17) is 4.74 Å². The maximum absolute atomic E-state index is 14.5. The lowest BCUT2D eigenvalue weighted by Crippen LogP contribution is -2.21. The minimum absolute atomic E-state index is 0.100. The Morgan fingerprint density at radius 1 is 0.806 bits per heavy atom. The van der Waals surface area contributed by atoms with Crippen LogP contribution >= 0.6 is 7.44 Å². The Morgan fingerprint density at radius 2 is 1.26 bits per heavy atom. The Kier molecular flexibility index (Phi) is 6.24. The van der Waals surface area contributed by atoms with E-state index in [2.05, 4.69) is 6.58 Å². The first-order valence-corrected chi connectivity index (χ1v) is 11.8. The van der Waals surface area contributed by atoms with Crippen LogP contribution in [0.5, 0.6) is 0 Å². The Hall–Kier alpha value is -3.30. The number of rotatable bonds is 7. The van der Waals surface area contributed by atoms with Crippen LogP contribution in [0, 0.1) is 0 Å². The summed E-state index contributed by atoms with van der Waals surface area (Å²) >= 11 is 0. The topological polar surface area (TPSA) is 49.9 Å². The summed E-state index contributed by atoms with van der Waals surface area (Å²) in [5.74, 6) is -0.433. The lowest BCUT2D eigenvalue weighted by atomic mass is 10.2. The Morgan fingerprint density at radius 3 is 1.74 bits per heavy atom. The molecule has 1 saturated heterocycles. The number of nitrogens with zero attached hydrogens (tertiary/aromatic N) is 2. The van der Waals surface area contributed by atoms with Gasteiger partial charge in [0.25, 0.3) is 7.44 Å². The highest BCUT2D eigenvalue weighted by Crippen LogP contribution is 2.65. The van der Waals surface area contributed by atoms with Gasteiger partial charge in [-0.05, 0) is 29.8 Å². The van der Waals surface area contributed by atoms with Crippen LogP contribution in [-0.2, 0) is 20.7 Å². The molecular formula is C25H25N2O3P. The summed E-state index contributed by atoms with van der Waals surface area (Å²) < 4.78 is 23.7. The monoisotopic (exact) mass is 432 g/mol. The fraction of sp³-hybridized carbons (Fsp3) is 0.160. The second kappa shape index (κ2) is 9.23. The molecule has 0 unspecified atom stereocenters. The molecule has 0 N–H and O–H groups in total. The van der Waals surface area contributed by atoms with Crippen molar-refractivity contribution in [3.8, 4) is 0 Å². The first-order valence-electron chi connectivity index (χ1n) is 10.2. The molecule has 0 spiro atoms. The standard InChI is InChI=1S/C25H25N2O3P/c1-21(19-25(28)30-20-22-11-5-2-6-12-22)31(29)26(23-13-7-3-8-14-23)17-18-27(31)24-15-9-4-10-16-24/h2-16H,1,17-20H2. The summed E-state index contributed by atoms with van der Waals surface area (Å²) in [4.78, 5) is 12.6. The number of hydrogen-bond acceptors (Lipinski definition) is 3. The van der Waals surface area contributed by atoms with E-state index in [1.807, 2.05) is 100 Å². The van der Waals surface area contributed by atoms with E-state index in [1.165, 1.54) is 0 Å². The summed E-state index contributed by atoms with van der Waals surface area (Å²) in [6, 6.07) is 28.8. The first-order chi connectivity index (χ1) is 15.1. The van der Waals surface area contributed by atoms with Gasteiger partial charge in [0.1, 0.15) is 6.61 Å². The van der Waals surface area contributed by atoms with E-state index in [0.29, 0.717) is 18.4 Å². The smallest absolute Gasteiger partial charge is 0.310 e. The van der Waals surface area contributed by atoms with Gasteiger partial charge in [0.2, 0.25) is 0 Å².